The smallest absolute Gasteiger partial charge is 0.258 e. The minimum Gasteiger partial charge on any atom is -0.310 e. The molecule has 3 rings (SSSR count). The summed E-state index contributed by atoms with van der Waals surface area (Å²) in [5.41, 5.74) is 2.13. The van der Waals surface area contributed by atoms with E-state index in [-0.39, 0.29) is 5.56 Å². The van der Waals surface area contributed by atoms with Crippen molar-refractivity contribution in [3.8, 4) is 11.1 Å². The van der Waals surface area contributed by atoms with Crippen LogP contribution in [0.25, 0.3) is 22.0 Å². The molecule has 0 aliphatic heterocycles. The fourth-order valence-corrected chi connectivity index (χ4v) is 2.56. The van der Waals surface area contributed by atoms with E-state index >= 15 is 0 Å². The zero-order chi connectivity index (χ0) is 14.3. The highest BCUT2D eigenvalue weighted by molar-refractivity contribution is 6.43. The fourth-order valence-electron chi connectivity index (χ4n) is 2.15. The number of H-pyrrole nitrogens is 1. The number of nitrogens with zero attached hydrogens (tertiary/aromatic N) is 1. The second-order valence-electron chi connectivity index (χ2n) is 4.48. The van der Waals surface area contributed by atoms with Crippen molar-refractivity contribution in [3.63, 3.8) is 0 Å². The van der Waals surface area contributed by atoms with Crippen LogP contribution in [0, 0.1) is 6.92 Å². The Labute approximate surface area is 125 Å². The lowest BCUT2D eigenvalue weighted by Crippen LogP contribution is -2.09. The zero-order valence-electron chi connectivity index (χ0n) is 10.6. The third-order valence-electron chi connectivity index (χ3n) is 3.09. The molecule has 0 radical (unpaired) electrons. The molecule has 20 heavy (non-hydrogen) atoms. The predicted molar refractivity (Wildman–Crippen MR) is 82.6 cm³/mol. The molecule has 0 unspecified atom stereocenters. The van der Waals surface area contributed by atoms with E-state index in [1.807, 2.05) is 24.3 Å². The Bertz CT molecular complexity index is 871. The highest BCUT2D eigenvalue weighted by Crippen LogP contribution is 2.34. The van der Waals surface area contributed by atoms with Crippen LogP contribution in [0.1, 0.15) is 5.82 Å². The second-order valence-corrected chi connectivity index (χ2v) is 5.27. The normalized spacial score (nSPS) is 10.9. The van der Waals surface area contributed by atoms with Crippen LogP contribution in [0.2, 0.25) is 10.0 Å². The first-order valence-electron chi connectivity index (χ1n) is 6.01. The van der Waals surface area contributed by atoms with Crippen molar-refractivity contribution in [2.45, 2.75) is 6.92 Å². The van der Waals surface area contributed by atoms with Gasteiger partial charge in [-0.2, -0.15) is 0 Å². The summed E-state index contributed by atoms with van der Waals surface area (Å²) >= 11 is 12.2. The van der Waals surface area contributed by atoms with Gasteiger partial charge in [-0.3, -0.25) is 4.79 Å². The van der Waals surface area contributed by atoms with Gasteiger partial charge in [0, 0.05) is 5.56 Å². The first kappa shape index (κ1) is 13.2. The Morgan fingerprint density at radius 2 is 1.95 bits per heavy atom. The lowest BCUT2D eigenvalue weighted by molar-refractivity contribution is 1.06. The van der Waals surface area contributed by atoms with Crippen molar-refractivity contribution in [2.24, 2.45) is 0 Å². The Hall–Kier alpha value is -1.84. The van der Waals surface area contributed by atoms with Gasteiger partial charge in [-0.1, -0.05) is 41.4 Å². The zero-order valence-corrected chi connectivity index (χ0v) is 12.1. The van der Waals surface area contributed by atoms with Gasteiger partial charge in [0.15, 0.2) is 0 Å². The monoisotopic (exact) mass is 304 g/mol. The Kier molecular flexibility index (Phi) is 3.24. The molecule has 0 aliphatic rings. The molecule has 100 valence electrons. The molecular weight excluding hydrogens is 295 g/mol. The van der Waals surface area contributed by atoms with Gasteiger partial charge in [-0.25, -0.2) is 4.98 Å². The molecule has 1 aromatic heterocycles. The first-order valence-corrected chi connectivity index (χ1v) is 6.77. The second kappa shape index (κ2) is 4.93. The van der Waals surface area contributed by atoms with Crippen LogP contribution in [0.4, 0.5) is 0 Å². The number of halogens is 2. The molecule has 0 fully saturated rings. The van der Waals surface area contributed by atoms with E-state index in [1.165, 1.54) is 0 Å². The van der Waals surface area contributed by atoms with E-state index < -0.39 is 0 Å². The molecule has 1 heterocycles. The lowest BCUT2D eigenvalue weighted by Gasteiger charge is -2.07. The van der Waals surface area contributed by atoms with E-state index in [0.29, 0.717) is 26.8 Å². The number of aryl methyl sites for hydroxylation is 1. The Balaban J connectivity index is 2.28. The SMILES string of the molecule is Cc1nc2ccc(-c3cccc(Cl)c3Cl)cc2c(=O)[nH]1. The molecule has 0 saturated carbocycles. The van der Waals surface area contributed by atoms with Crippen molar-refractivity contribution in [2.75, 3.05) is 0 Å². The van der Waals surface area contributed by atoms with Gasteiger partial charge >= 0.3 is 0 Å². The standard InChI is InChI=1S/C15H10Cl2N2O/c1-8-18-13-6-5-9(7-11(13)15(20)19-8)10-3-2-4-12(16)14(10)17/h2-7H,1H3,(H,18,19,20). The molecule has 0 spiro atoms. The van der Waals surface area contributed by atoms with Crippen LogP contribution in [0.5, 0.6) is 0 Å². The average molecular weight is 305 g/mol. The number of aromatic nitrogens is 2. The first-order chi connectivity index (χ1) is 9.56. The van der Waals surface area contributed by atoms with E-state index in [2.05, 4.69) is 9.97 Å². The maximum Gasteiger partial charge on any atom is 0.258 e. The molecule has 3 aromatic rings. The summed E-state index contributed by atoms with van der Waals surface area (Å²) in [5, 5.41) is 1.49. The molecule has 0 atom stereocenters. The Morgan fingerprint density at radius 3 is 2.75 bits per heavy atom. The molecule has 0 aliphatic carbocycles. The quantitative estimate of drug-likeness (QED) is 0.732. The molecule has 0 saturated heterocycles. The van der Waals surface area contributed by atoms with Crippen LogP contribution in [-0.2, 0) is 0 Å². The van der Waals surface area contributed by atoms with Gasteiger partial charge in [0.2, 0.25) is 0 Å². The summed E-state index contributed by atoms with van der Waals surface area (Å²) in [6, 6.07) is 10.9. The maximum absolute atomic E-state index is 12.0. The van der Waals surface area contributed by atoms with E-state index in [4.69, 9.17) is 23.2 Å². The molecule has 2 aromatic carbocycles. The number of hydrogen-bond acceptors (Lipinski definition) is 2. The van der Waals surface area contributed by atoms with Gasteiger partial charge < -0.3 is 4.98 Å². The van der Waals surface area contributed by atoms with E-state index in [1.54, 1.807) is 19.1 Å². The van der Waals surface area contributed by atoms with Crippen molar-refractivity contribution >= 4 is 34.1 Å². The predicted octanol–water partition coefficient (Wildman–Crippen LogP) is 4.21. The molecule has 0 bridgehead atoms. The number of nitrogens with one attached hydrogen (secondary N) is 1. The summed E-state index contributed by atoms with van der Waals surface area (Å²) in [7, 11) is 0. The van der Waals surface area contributed by atoms with E-state index in [0.717, 1.165) is 11.1 Å². The molecule has 3 nitrogen and oxygen atoms in total. The van der Waals surface area contributed by atoms with Gasteiger partial charge in [-0.15, -0.1) is 0 Å². The van der Waals surface area contributed by atoms with Gasteiger partial charge in [-0.05, 0) is 30.7 Å². The lowest BCUT2D eigenvalue weighted by atomic mass is 10.0. The van der Waals surface area contributed by atoms with Gasteiger partial charge in [0.25, 0.3) is 5.56 Å². The highest BCUT2D eigenvalue weighted by Gasteiger charge is 2.09. The van der Waals surface area contributed by atoms with Crippen molar-refractivity contribution in [3.05, 3.63) is 62.6 Å². The fraction of sp³-hybridized carbons (Fsp3) is 0.0667. The summed E-state index contributed by atoms with van der Waals surface area (Å²) < 4.78 is 0. The molecule has 0 amide bonds. The number of benzene rings is 2. The average Bonchev–Trinajstić information content (AvgIpc) is 2.41. The Morgan fingerprint density at radius 1 is 1.15 bits per heavy atom. The number of rotatable bonds is 1. The number of aromatic amines is 1. The number of fused-ring (bicyclic) bond motifs is 1. The minimum atomic E-state index is -0.160. The number of hydrogen-bond donors (Lipinski definition) is 1. The maximum atomic E-state index is 12.0. The summed E-state index contributed by atoms with van der Waals surface area (Å²) in [6.07, 6.45) is 0. The highest BCUT2D eigenvalue weighted by atomic mass is 35.5. The van der Waals surface area contributed by atoms with Crippen LogP contribution < -0.4 is 5.56 Å². The molecule has 1 N–H and O–H groups in total. The van der Waals surface area contributed by atoms with Crippen molar-refractivity contribution in [1.29, 1.82) is 0 Å². The van der Waals surface area contributed by atoms with Crippen molar-refractivity contribution in [1.82, 2.24) is 9.97 Å². The van der Waals surface area contributed by atoms with Crippen LogP contribution in [0.3, 0.4) is 0 Å². The summed E-state index contributed by atoms with van der Waals surface area (Å²) in [6.45, 7) is 1.75. The molecular formula is C15H10Cl2N2O. The van der Waals surface area contributed by atoms with E-state index in [9.17, 15) is 4.79 Å². The van der Waals surface area contributed by atoms with Gasteiger partial charge in [0.05, 0.1) is 20.9 Å². The minimum absolute atomic E-state index is 0.160. The third-order valence-corrected chi connectivity index (χ3v) is 3.91. The largest absolute Gasteiger partial charge is 0.310 e. The van der Waals surface area contributed by atoms with Gasteiger partial charge in [0.1, 0.15) is 5.82 Å². The third kappa shape index (κ3) is 2.19. The van der Waals surface area contributed by atoms with Crippen LogP contribution in [0.15, 0.2) is 41.2 Å². The van der Waals surface area contributed by atoms with Crippen LogP contribution >= 0.6 is 23.2 Å². The van der Waals surface area contributed by atoms with Crippen molar-refractivity contribution < 1.29 is 0 Å². The van der Waals surface area contributed by atoms with Crippen LogP contribution in [-0.4, -0.2) is 9.97 Å². The topological polar surface area (TPSA) is 45.8 Å². The summed E-state index contributed by atoms with van der Waals surface area (Å²) in [4.78, 5) is 19.0. The molecule has 5 heteroatoms. The summed E-state index contributed by atoms with van der Waals surface area (Å²) in [5.74, 6) is 0.594.